The molecule has 0 bridgehead atoms. The van der Waals surface area contributed by atoms with Crippen LogP contribution in [0.4, 0.5) is 0 Å². The summed E-state index contributed by atoms with van der Waals surface area (Å²) in [6.45, 7) is 0.936. The zero-order valence-electron chi connectivity index (χ0n) is 13.3. The van der Waals surface area contributed by atoms with Crippen molar-refractivity contribution < 1.29 is 14.3 Å². The number of amides is 1. The van der Waals surface area contributed by atoms with Gasteiger partial charge in [-0.3, -0.25) is 4.79 Å². The molecule has 1 amide bonds. The van der Waals surface area contributed by atoms with Crippen molar-refractivity contribution in [3.63, 3.8) is 0 Å². The lowest BCUT2D eigenvalue weighted by Gasteiger charge is -2.15. The normalized spacial score (nSPS) is 17.0. The molecule has 1 aliphatic carbocycles. The number of carbonyl (C=O) groups excluding carboxylic acids is 1. The van der Waals surface area contributed by atoms with E-state index in [0.29, 0.717) is 6.54 Å². The minimum Gasteiger partial charge on any atom is -0.454 e. The molecule has 0 unspecified atom stereocenters. The third-order valence-electron chi connectivity index (χ3n) is 4.66. The van der Waals surface area contributed by atoms with Crippen LogP contribution in [0.5, 0.6) is 11.5 Å². The number of hydrogen-bond donors (Lipinski definition) is 1. The summed E-state index contributed by atoms with van der Waals surface area (Å²) in [5.41, 5.74) is 2.35. The topological polar surface area (TPSA) is 47.6 Å². The molecule has 1 fully saturated rings. The Bertz CT molecular complexity index is 779. The second kappa shape index (κ2) is 6.04. The lowest BCUT2D eigenvalue weighted by molar-refractivity contribution is -0.116. The highest BCUT2D eigenvalue weighted by Gasteiger charge is 2.44. The summed E-state index contributed by atoms with van der Waals surface area (Å²) in [7, 11) is 0. The Kier molecular flexibility index (Phi) is 3.73. The maximum atomic E-state index is 12.1. The SMILES string of the molecule is O=C(/C=C/c1ccc2c(c1)OCO2)NCC1(c2ccccc2)CC1. The highest BCUT2D eigenvalue weighted by Crippen LogP contribution is 2.47. The highest BCUT2D eigenvalue weighted by atomic mass is 16.7. The average Bonchev–Trinajstić information content (AvgIpc) is 3.28. The smallest absolute Gasteiger partial charge is 0.244 e. The first-order chi connectivity index (χ1) is 11.8. The minimum atomic E-state index is -0.0742. The van der Waals surface area contributed by atoms with E-state index >= 15 is 0 Å². The van der Waals surface area contributed by atoms with Crippen LogP contribution in [0, 0.1) is 0 Å². The van der Waals surface area contributed by atoms with Gasteiger partial charge in [0.1, 0.15) is 0 Å². The Morgan fingerprint density at radius 2 is 1.88 bits per heavy atom. The van der Waals surface area contributed by atoms with Crippen molar-refractivity contribution in [3.05, 3.63) is 65.7 Å². The van der Waals surface area contributed by atoms with Gasteiger partial charge in [-0.1, -0.05) is 36.4 Å². The molecule has 2 aromatic rings. The van der Waals surface area contributed by atoms with Gasteiger partial charge in [0.2, 0.25) is 12.7 Å². The molecule has 0 radical (unpaired) electrons. The van der Waals surface area contributed by atoms with Crippen molar-refractivity contribution in [3.8, 4) is 11.5 Å². The zero-order valence-corrected chi connectivity index (χ0v) is 13.3. The standard InChI is InChI=1S/C20H19NO3/c22-19(9-7-15-6-8-17-18(12-15)24-14-23-17)21-13-20(10-11-20)16-4-2-1-3-5-16/h1-9,12H,10-11,13-14H2,(H,21,22)/b9-7+. The lowest BCUT2D eigenvalue weighted by atomic mass is 9.96. The van der Waals surface area contributed by atoms with E-state index in [2.05, 4.69) is 29.6 Å². The van der Waals surface area contributed by atoms with Crippen LogP contribution in [-0.4, -0.2) is 19.2 Å². The van der Waals surface area contributed by atoms with Crippen molar-refractivity contribution in [1.82, 2.24) is 5.32 Å². The Hall–Kier alpha value is -2.75. The van der Waals surface area contributed by atoms with E-state index in [1.807, 2.05) is 24.3 Å². The molecule has 2 aromatic carbocycles. The first-order valence-electron chi connectivity index (χ1n) is 8.16. The molecule has 0 aromatic heterocycles. The molecule has 122 valence electrons. The average molecular weight is 321 g/mol. The molecule has 0 spiro atoms. The summed E-state index contributed by atoms with van der Waals surface area (Å²) in [6, 6.07) is 16.0. The maximum absolute atomic E-state index is 12.1. The number of nitrogens with one attached hydrogen (secondary N) is 1. The molecule has 24 heavy (non-hydrogen) atoms. The summed E-state index contributed by atoms with van der Waals surface area (Å²) in [6.07, 6.45) is 5.62. The number of benzene rings is 2. The summed E-state index contributed by atoms with van der Waals surface area (Å²) >= 11 is 0. The second-order valence-corrected chi connectivity index (χ2v) is 6.31. The predicted molar refractivity (Wildman–Crippen MR) is 92.0 cm³/mol. The summed E-state index contributed by atoms with van der Waals surface area (Å²) < 4.78 is 10.6. The van der Waals surface area contributed by atoms with Crippen molar-refractivity contribution in [2.45, 2.75) is 18.3 Å². The van der Waals surface area contributed by atoms with Gasteiger partial charge < -0.3 is 14.8 Å². The third kappa shape index (κ3) is 3.00. The largest absolute Gasteiger partial charge is 0.454 e. The molecule has 1 N–H and O–H groups in total. The maximum Gasteiger partial charge on any atom is 0.244 e. The van der Waals surface area contributed by atoms with Crippen molar-refractivity contribution in [2.24, 2.45) is 0 Å². The molecule has 1 aliphatic heterocycles. The van der Waals surface area contributed by atoms with E-state index in [1.54, 1.807) is 12.2 Å². The van der Waals surface area contributed by atoms with Gasteiger partial charge >= 0.3 is 0 Å². The summed E-state index contributed by atoms with van der Waals surface area (Å²) in [5, 5.41) is 3.02. The Balaban J connectivity index is 1.35. The second-order valence-electron chi connectivity index (χ2n) is 6.31. The van der Waals surface area contributed by atoms with E-state index in [4.69, 9.17) is 9.47 Å². The first-order valence-corrected chi connectivity index (χ1v) is 8.16. The summed E-state index contributed by atoms with van der Waals surface area (Å²) in [5.74, 6) is 1.39. The Labute approximate surface area is 141 Å². The lowest BCUT2D eigenvalue weighted by Crippen LogP contribution is -2.30. The molecule has 0 atom stereocenters. The molecule has 4 heteroatoms. The van der Waals surface area contributed by atoms with Crippen LogP contribution in [-0.2, 0) is 10.2 Å². The van der Waals surface area contributed by atoms with Gasteiger partial charge in [0.05, 0.1) is 0 Å². The van der Waals surface area contributed by atoms with Crippen molar-refractivity contribution in [2.75, 3.05) is 13.3 Å². The van der Waals surface area contributed by atoms with Crippen LogP contribution in [0.3, 0.4) is 0 Å². The van der Waals surface area contributed by atoms with E-state index < -0.39 is 0 Å². The molecule has 2 aliphatic rings. The fourth-order valence-electron chi connectivity index (χ4n) is 3.01. The number of fused-ring (bicyclic) bond motifs is 1. The van der Waals surface area contributed by atoms with Crippen molar-refractivity contribution >= 4 is 12.0 Å². The number of carbonyl (C=O) groups is 1. The van der Waals surface area contributed by atoms with Crippen LogP contribution in [0.15, 0.2) is 54.6 Å². The molecule has 1 saturated carbocycles. The van der Waals surface area contributed by atoms with Crippen LogP contribution >= 0.6 is 0 Å². The van der Waals surface area contributed by atoms with Gasteiger partial charge in [-0.25, -0.2) is 0 Å². The molecule has 1 heterocycles. The van der Waals surface area contributed by atoms with Gasteiger partial charge in [-0.15, -0.1) is 0 Å². The van der Waals surface area contributed by atoms with Gasteiger partial charge in [0.25, 0.3) is 0 Å². The number of ether oxygens (including phenoxy) is 2. The quantitative estimate of drug-likeness (QED) is 0.860. The van der Waals surface area contributed by atoms with Crippen LogP contribution < -0.4 is 14.8 Å². The van der Waals surface area contributed by atoms with E-state index in [0.717, 1.165) is 29.9 Å². The van der Waals surface area contributed by atoms with Gasteiger partial charge in [0.15, 0.2) is 11.5 Å². The third-order valence-corrected chi connectivity index (χ3v) is 4.66. The van der Waals surface area contributed by atoms with Gasteiger partial charge in [-0.05, 0) is 42.2 Å². The van der Waals surface area contributed by atoms with E-state index in [-0.39, 0.29) is 18.1 Å². The van der Waals surface area contributed by atoms with Gasteiger partial charge in [-0.2, -0.15) is 0 Å². The first kappa shape index (κ1) is 14.8. The zero-order chi connectivity index (χ0) is 16.4. The predicted octanol–water partition coefficient (Wildman–Crippen LogP) is 3.28. The monoisotopic (exact) mass is 321 g/mol. The minimum absolute atomic E-state index is 0.0742. The molecular weight excluding hydrogens is 302 g/mol. The Morgan fingerprint density at radius 3 is 2.67 bits per heavy atom. The molecular formula is C20H19NO3. The van der Waals surface area contributed by atoms with Gasteiger partial charge in [0, 0.05) is 18.0 Å². The Morgan fingerprint density at radius 1 is 1.08 bits per heavy atom. The van der Waals surface area contributed by atoms with Crippen LogP contribution in [0.1, 0.15) is 24.0 Å². The fraction of sp³-hybridized carbons (Fsp3) is 0.250. The van der Waals surface area contributed by atoms with Crippen LogP contribution in [0.2, 0.25) is 0 Å². The fourth-order valence-corrected chi connectivity index (χ4v) is 3.01. The van der Waals surface area contributed by atoms with Crippen LogP contribution in [0.25, 0.3) is 6.08 Å². The highest BCUT2D eigenvalue weighted by molar-refractivity contribution is 5.91. The number of rotatable bonds is 5. The molecule has 4 nitrogen and oxygen atoms in total. The number of hydrogen-bond acceptors (Lipinski definition) is 3. The van der Waals surface area contributed by atoms with E-state index in [1.165, 1.54) is 5.56 Å². The molecule has 0 saturated heterocycles. The summed E-state index contributed by atoms with van der Waals surface area (Å²) in [4.78, 5) is 12.1. The van der Waals surface area contributed by atoms with Crippen molar-refractivity contribution in [1.29, 1.82) is 0 Å². The molecule has 4 rings (SSSR count). The van der Waals surface area contributed by atoms with E-state index in [9.17, 15) is 4.79 Å².